The van der Waals surface area contributed by atoms with Gasteiger partial charge >= 0.3 is 26.2 Å². The minimum atomic E-state index is 0. The molecule has 2 aromatic rings. The van der Waals surface area contributed by atoms with E-state index in [1.807, 2.05) is 0 Å². The number of hydrogen-bond acceptors (Lipinski definition) is 1. The Balaban J connectivity index is 0.00000147. The molecule has 0 saturated heterocycles. The van der Waals surface area contributed by atoms with Gasteiger partial charge in [-0.15, -0.1) is 46.2 Å². The number of rotatable bonds is 4. The monoisotopic (exact) mass is 411 g/mol. The summed E-state index contributed by atoms with van der Waals surface area (Å²) >= 11 is 0. The minimum absolute atomic E-state index is 0. The van der Waals surface area contributed by atoms with Crippen LogP contribution in [-0.2, 0) is 26.2 Å². The van der Waals surface area contributed by atoms with Gasteiger partial charge in [-0.05, 0) is 19.3 Å². The first-order valence-corrected chi connectivity index (χ1v) is 6.96. The van der Waals surface area contributed by atoms with E-state index in [0.29, 0.717) is 0 Å². The fourth-order valence-electron chi connectivity index (χ4n) is 3.09. The topological polar surface area (TPSA) is 20.2 Å². The van der Waals surface area contributed by atoms with E-state index in [1.54, 1.807) is 0 Å². The fraction of sp³-hybridized carbons (Fsp3) is 0.278. The summed E-state index contributed by atoms with van der Waals surface area (Å²) in [7, 11) is 0. The molecule has 0 bridgehead atoms. The Labute approximate surface area is 163 Å². The maximum absolute atomic E-state index is 9.02. The average molecular weight is 413 g/mol. The summed E-state index contributed by atoms with van der Waals surface area (Å²) in [6.07, 6.45) is 7.31. The minimum Gasteiger partial charge on any atom is -1.00 e. The van der Waals surface area contributed by atoms with Crippen molar-refractivity contribution in [3.8, 4) is 0 Å². The van der Waals surface area contributed by atoms with Gasteiger partial charge in [0.2, 0.25) is 0 Å². The summed E-state index contributed by atoms with van der Waals surface area (Å²) in [4.78, 5) is 0. The second-order valence-corrected chi connectivity index (χ2v) is 5.23. The standard InChI is InChI=1S/C18H19O.2ClH.Zr/c1-13-12-15-6-2-3-9-17(15)18(13)16-10-4-7-14(16)8-5-11-19;;;/h2-4,6-7,9,12,19H,5,8,10-11H2,1H3;2*1H;/q-1;;;+3/p-2. The molecule has 22 heavy (non-hydrogen) atoms. The summed E-state index contributed by atoms with van der Waals surface area (Å²) in [6.45, 7) is 2.47. The molecule has 0 fully saturated rings. The Morgan fingerprint density at radius 2 is 1.91 bits per heavy atom. The third-order valence-corrected chi connectivity index (χ3v) is 3.93. The first kappa shape index (κ1) is 21.7. The Hall–Kier alpha value is -0.267. The Bertz CT molecular complexity index is 671. The third-order valence-electron chi connectivity index (χ3n) is 3.93. The maximum Gasteiger partial charge on any atom is 3.00 e. The molecule has 0 spiro atoms. The van der Waals surface area contributed by atoms with Crippen LogP contribution in [0.1, 0.15) is 30.4 Å². The third kappa shape index (κ3) is 4.17. The zero-order valence-electron chi connectivity index (χ0n) is 12.6. The first-order valence-electron chi connectivity index (χ1n) is 6.96. The molecule has 0 atom stereocenters. The maximum atomic E-state index is 9.02. The van der Waals surface area contributed by atoms with E-state index in [9.17, 15) is 0 Å². The Kier molecular flexibility index (Phi) is 9.66. The van der Waals surface area contributed by atoms with E-state index in [0.717, 1.165) is 19.3 Å². The molecule has 4 heteroatoms. The van der Waals surface area contributed by atoms with Gasteiger partial charge in [0.05, 0.1) is 0 Å². The molecule has 0 saturated carbocycles. The van der Waals surface area contributed by atoms with E-state index >= 15 is 0 Å². The van der Waals surface area contributed by atoms with Gasteiger partial charge in [-0.1, -0.05) is 36.3 Å². The van der Waals surface area contributed by atoms with Crippen molar-refractivity contribution in [3.63, 3.8) is 0 Å². The number of aliphatic hydroxyl groups excluding tert-OH is 1. The molecule has 0 aliphatic heterocycles. The van der Waals surface area contributed by atoms with Crippen LogP contribution >= 0.6 is 0 Å². The summed E-state index contributed by atoms with van der Waals surface area (Å²) in [5, 5.41) is 11.7. The van der Waals surface area contributed by atoms with Crippen LogP contribution in [0, 0.1) is 6.92 Å². The fourth-order valence-corrected chi connectivity index (χ4v) is 3.09. The van der Waals surface area contributed by atoms with Crippen LogP contribution in [0.2, 0.25) is 0 Å². The van der Waals surface area contributed by atoms with Gasteiger partial charge in [0.25, 0.3) is 0 Å². The van der Waals surface area contributed by atoms with Crippen molar-refractivity contribution in [1.29, 1.82) is 0 Å². The second-order valence-electron chi connectivity index (χ2n) is 5.23. The molecule has 1 N–H and O–H groups in total. The zero-order chi connectivity index (χ0) is 13.2. The van der Waals surface area contributed by atoms with Crippen molar-refractivity contribution < 1.29 is 56.1 Å². The van der Waals surface area contributed by atoms with Crippen LogP contribution in [0.15, 0.2) is 48.1 Å². The summed E-state index contributed by atoms with van der Waals surface area (Å²) < 4.78 is 0. The van der Waals surface area contributed by atoms with Crippen LogP contribution in [0.4, 0.5) is 0 Å². The number of allylic oxidation sites excluding steroid dienone is 4. The normalized spacial score (nSPS) is 12.8. The van der Waals surface area contributed by atoms with Crippen molar-refractivity contribution in [2.75, 3.05) is 6.61 Å². The van der Waals surface area contributed by atoms with Crippen LogP contribution in [-0.4, -0.2) is 11.7 Å². The molecule has 0 amide bonds. The van der Waals surface area contributed by atoms with Crippen molar-refractivity contribution in [3.05, 3.63) is 59.2 Å². The average Bonchev–Trinajstić information content (AvgIpc) is 2.98. The molecule has 1 aliphatic carbocycles. The van der Waals surface area contributed by atoms with E-state index in [-0.39, 0.29) is 57.6 Å². The molecule has 2 aromatic carbocycles. The quantitative estimate of drug-likeness (QED) is 0.597. The van der Waals surface area contributed by atoms with E-state index < -0.39 is 0 Å². The van der Waals surface area contributed by atoms with Crippen molar-refractivity contribution in [1.82, 2.24) is 0 Å². The second kappa shape index (κ2) is 9.78. The van der Waals surface area contributed by atoms with Crippen molar-refractivity contribution in [2.45, 2.75) is 26.2 Å². The molecule has 0 unspecified atom stereocenters. The molecule has 1 nitrogen and oxygen atoms in total. The molecule has 1 aliphatic rings. The van der Waals surface area contributed by atoms with E-state index in [2.05, 4.69) is 49.4 Å². The van der Waals surface area contributed by atoms with Gasteiger partial charge in [0.15, 0.2) is 0 Å². The molecule has 0 heterocycles. The summed E-state index contributed by atoms with van der Waals surface area (Å²) in [5.74, 6) is 0. The number of aliphatic hydroxyl groups is 1. The van der Waals surface area contributed by atoms with Gasteiger partial charge in [0.1, 0.15) is 0 Å². The van der Waals surface area contributed by atoms with Crippen LogP contribution in [0.25, 0.3) is 16.3 Å². The molecule has 1 radical (unpaired) electrons. The van der Waals surface area contributed by atoms with E-state index in [1.165, 1.54) is 33.0 Å². The Morgan fingerprint density at radius 3 is 2.64 bits per heavy atom. The predicted octanol–water partition coefficient (Wildman–Crippen LogP) is -1.64. The Morgan fingerprint density at radius 1 is 1.18 bits per heavy atom. The van der Waals surface area contributed by atoms with E-state index in [4.69, 9.17) is 5.11 Å². The van der Waals surface area contributed by atoms with Gasteiger partial charge in [-0.3, -0.25) is 0 Å². The van der Waals surface area contributed by atoms with Gasteiger partial charge in [0, 0.05) is 6.61 Å². The number of benzene rings is 1. The number of hydrogen-bond donors (Lipinski definition) is 1. The van der Waals surface area contributed by atoms with Gasteiger partial charge in [-0.25, -0.2) is 0 Å². The molecular weight excluding hydrogens is 394 g/mol. The zero-order valence-corrected chi connectivity index (χ0v) is 16.5. The van der Waals surface area contributed by atoms with Crippen LogP contribution in [0.3, 0.4) is 0 Å². The van der Waals surface area contributed by atoms with Crippen LogP contribution in [0.5, 0.6) is 0 Å². The number of aryl methyl sites for hydroxylation is 1. The molecule has 115 valence electrons. The first-order chi connectivity index (χ1) is 9.31. The summed E-state index contributed by atoms with van der Waals surface area (Å²) in [6, 6.07) is 10.9. The number of fused-ring (bicyclic) bond motifs is 1. The van der Waals surface area contributed by atoms with Gasteiger partial charge < -0.3 is 29.9 Å². The summed E-state index contributed by atoms with van der Waals surface area (Å²) in [5.41, 5.74) is 5.62. The van der Waals surface area contributed by atoms with Crippen molar-refractivity contribution >= 4 is 16.3 Å². The largest absolute Gasteiger partial charge is 3.00 e. The predicted molar refractivity (Wildman–Crippen MR) is 81.3 cm³/mol. The SMILES string of the molecule is Cc1[cH-]c2ccccc2c1C1=C(CCCO)C=CC1.[Cl-].[Cl-].[Zr+3]. The number of halogens is 2. The van der Waals surface area contributed by atoms with Gasteiger partial charge in [-0.2, -0.15) is 0 Å². The van der Waals surface area contributed by atoms with Crippen molar-refractivity contribution in [2.24, 2.45) is 0 Å². The smallest absolute Gasteiger partial charge is 1.00 e. The molecule has 3 rings (SSSR count). The van der Waals surface area contributed by atoms with Crippen LogP contribution < -0.4 is 24.8 Å². The molecule has 0 aromatic heterocycles. The molecular formula is C18H19Cl2OZr.